The molecule has 1 heterocycles. The maximum Gasteiger partial charge on any atom is 0.123 e. The summed E-state index contributed by atoms with van der Waals surface area (Å²) in [6.45, 7) is 0.547. The Kier molecular flexibility index (Phi) is 3.06. The van der Waals surface area contributed by atoms with Gasteiger partial charge in [0, 0.05) is 22.5 Å². The Morgan fingerprint density at radius 3 is 2.80 bits per heavy atom. The molecule has 2 aromatic carbocycles. The zero-order chi connectivity index (χ0) is 14.1. The molecule has 0 amide bonds. The number of ether oxygens (including phenoxy) is 1. The molecule has 3 nitrogen and oxygen atoms in total. The van der Waals surface area contributed by atoms with Gasteiger partial charge in [-0.3, -0.25) is 0 Å². The van der Waals surface area contributed by atoms with Gasteiger partial charge in [-0.05, 0) is 35.9 Å². The molecule has 0 unspecified atom stereocenters. The molecular weight excluding hydrogens is 255 g/mol. The first kappa shape index (κ1) is 12.5. The summed E-state index contributed by atoms with van der Waals surface area (Å²) in [6, 6.07) is 12.2. The molecule has 0 aliphatic carbocycles. The highest BCUT2D eigenvalue weighted by molar-refractivity contribution is 5.90. The van der Waals surface area contributed by atoms with Crippen LogP contribution in [-0.4, -0.2) is 13.7 Å². The number of fused-ring (bicyclic) bond motifs is 1. The molecule has 4 heteroatoms. The van der Waals surface area contributed by atoms with Gasteiger partial charge in [-0.2, -0.15) is 0 Å². The summed E-state index contributed by atoms with van der Waals surface area (Å²) >= 11 is 0. The predicted molar refractivity (Wildman–Crippen MR) is 78.1 cm³/mol. The Balaban J connectivity index is 2.19. The number of nitrogens with one attached hydrogen (secondary N) is 1. The first-order valence-electron chi connectivity index (χ1n) is 6.36. The van der Waals surface area contributed by atoms with Crippen LogP contribution in [-0.2, 0) is 0 Å². The van der Waals surface area contributed by atoms with E-state index in [1.807, 2.05) is 24.3 Å². The summed E-state index contributed by atoms with van der Waals surface area (Å²) in [7, 11) is 1.62. The average molecular weight is 270 g/mol. The van der Waals surface area contributed by atoms with Crippen LogP contribution in [0.15, 0.2) is 48.2 Å². The Morgan fingerprint density at radius 2 is 2.05 bits per heavy atom. The second-order valence-corrected chi connectivity index (χ2v) is 4.68. The van der Waals surface area contributed by atoms with E-state index in [0.29, 0.717) is 12.2 Å². The Bertz CT molecular complexity index is 695. The predicted octanol–water partition coefficient (Wildman–Crippen LogP) is 2.98. The molecule has 2 aromatic rings. The van der Waals surface area contributed by atoms with Crippen molar-refractivity contribution in [2.75, 3.05) is 19.0 Å². The maximum absolute atomic E-state index is 13.5. The van der Waals surface area contributed by atoms with Crippen molar-refractivity contribution < 1.29 is 9.13 Å². The van der Waals surface area contributed by atoms with Crippen LogP contribution in [0.2, 0.25) is 0 Å². The summed E-state index contributed by atoms with van der Waals surface area (Å²) in [4.78, 5) is 0. The van der Waals surface area contributed by atoms with E-state index in [0.717, 1.165) is 28.1 Å². The van der Waals surface area contributed by atoms with Crippen LogP contribution in [0.4, 0.5) is 10.1 Å². The van der Waals surface area contributed by atoms with Crippen molar-refractivity contribution in [3.05, 3.63) is 65.1 Å². The number of halogens is 1. The van der Waals surface area contributed by atoms with Crippen molar-refractivity contribution in [1.82, 2.24) is 0 Å². The van der Waals surface area contributed by atoms with Gasteiger partial charge in [-0.15, -0.1) is 0 Å². The van der Waals surface area contributed by atoms with Gasteiger partial charge in [-0.25, -0.2) is 4.39 Å². The van der Waals surface area contributed by atoms with Crippen LogP contribution in [0.3, 0.4) is 0 Å². The van der Waals surface area contributed by atoms with Crippen LogP contribution in [0.5, 0.6) is 5.75 Å². The van der Waals surface area contributed by atoms with Gasteiger partial charge < -0.3 is 15.8 Å². The van der Waals surface area contributed by atoms with Crippen LogP contribution < -0.4 is 15.8 Å². The second kappa shape index (κ2) is 4.89. The van der Waals surface area contributed by atoms with Gasteiger partial charge in [0.05, 0.1) is 13.7 Å². The topological polar surface area (TPSA) is 47.3 Å². The van der Waals surface area contributed by atoms with Crippen LogP contribution in [0.1, 0.15) is 11.1 Å². The highest BCUT2D eigenvalue weighted by Crippen LogP contribution is 2.36. The first-order valence-corrected chi connectivity index (χ1v) is 6.36. The molecule has 0 atom stereocenters. The molecule has 0 aromatic heterocycles. The molecule has 20 heavy (non-hydrogen) atoms. The first-order chi connectivity index (χ1) is 9.69. The third-order valence-corrected chi connectivity index (χ3v) is 3.40. The van der Waals surface area contributed by atoms with E-state index >= 15 is 0 Å². The molecule has 0 spiro atoms. The molecule has 0 saturated heterocycles. The summed E-state index contributed by atoms with van der Waals surface area (Å²) < 4.78 is 18.7. The quantitative estimate of drug-likeness (QED) is 0.882. The summed E-state index contributed by atoms with van der Waals surface area (Å²) in [5, 5.41) is 3.25. The second-order valence-electron chi connectivity index (χ2n) is 4.68. The van der Waals surface area contributed by atoms with Crippen LogP contribution in [0, 0.1) is 5.82 Å². The van der Waals surface area contributed by atoms with Gasteiger partial charge in [0.15, 0.2) is 0 Å². The fraction of sp³-hybridized carbons (Fsp3) is 0.125. The molecule has 0 bridgehead atoms. The molecule has 3 N–H and O–H groups in total. The number of methoxy groups -OCH3 is 1. The minimum Gasteiger partial charge on any atom is -0.497 e. The standard InChI is InChI=1S/C16H15FN2O/c1-20-12-5-6-15-13(8-12)16(14(18)9-19-15)10-3-2-4-11(17)7-10/h2-8,19H,9,18H2,1H3. The lowest BCUT2D eigenvalue weighted by Gasteiger charge is -2.23. The summed E-state index contributed by atoms with van der Waals surface area (Å²) in [6.07, 6.45) is 0. The molecule has 0 fully saturated rings. The zero-order valence-corrected chi connectivity index (χ0v) is 11.1. The molecule has 3 rings (SSSR count). The largest absolute Gasteiger partial charge is 0.497 e. The lowest BCUT2D eigenvalue weighted by molar-refractivity contribution is 0.414. The van der Waals surface area contributed by atoms with E-state index < -0.39 is 0 Å². The molecule has 1 aliphatic heterocycles. The number of hydrogen-bond donors (Lipinski definition) is 2. The van der Waals surface area contributed by atoms with Gasteiger partial charge in [0.2, 0.25) is 0 Å². The number of benzene rings is 2. The number of anilines is 1. The van der Waals surface area contributed by atoms with E-state index in [2.05, 4.69) is 5.32 Å². The fourth-order valence-electron chi connectivity index (χ4n) is 2.45. The third kappa shape index (κ3) is 2.09. The Hall–Kier alpha value is -2.49. The van der Waals surface area contributed by atoms with Crippen molar-refractivity contribution in [2.45, 2.75) is 0 Å². The van der Waals surface area contributed by atoms with E-state index in [9.17, 15) is 4.39 Å². The number of hydrogen-bond acceptors (Lipinski definition) is 3. The summed E-state index contributed by atoms with van der Waals surface area (Å²) in [5.41, 5.74) is 10.3. The number of nitrogens with two attached hydrogens (primary N) is 1. The SMILES string of the molecule is COc1ccc2c(c1)C(c1cccc(F)c1)=C(N)CN2. The average Bonchev–Trinajstić information content (AvgIpc) is 2.46. The molecule has 0 radical (unpaired) electrons. The van der Waals surface area contributed by atoms with Gasteiger partial charge >= 0.3 is 0 Å². The smallest absolute Gasteiger partial charge is 0.123 e. The highest BCUT2D eigenvalue weighted by Gasteiger charge is 2.19. The lowest BCUT2D eigenvalue weighted by atomic mass is 9.92. The van der Waals surface area contributed by atoms with Crippen molar-refractivity contribution >= 4 is 11.3 Å². The molecular formula is C16H15FN2O. The van der Waals surface area contributed by atoms with Gasteiger partial charge in [-0.1, -0.05) is 12.1 Å². The minimum absolute atomic E-state index is 0.272. The highest BCUT2D eigenvalue weighted by atomic mass is 19.1. The molecule has 0 saturated carbocycles. The Labute approximate surface area is 116 Å². The maximum atomic E-state index is 13.5. The van der Waals surface area contributed by atoms with Crippen molar-refractivity contribution in [3.8, 4) is 5.75 Å². The normalized spacial score (nSPS) is 13.7. The lowest BCUT2D eigenvalue weighted by Crippen LogP contribution is -2.20. The van der Waals surface area contributed by atoms with E-state index in [-0.39, 0.29) is 5.82 Å². The summed E-state index contributed by atoms with van der Waals surface area (Å²) in [5.74, 6) is 0.472. The van der Waals surface area contributed by atoms with Gasteiger partial charge in [0.1, 0.15) is 11.6 Å². The van der Waals surface area contributed by atoms with Crippen LogP contribution >= 0.6 is 0 Å². The molecule has 1 aliphatic rings. The van der Waals surface area contributed by atoms with E-state index in [4.69, 9.17) is 10.5 Å². The minimum atomic E-state index is -0.272. The van der Waals surface area contributed by atoms with Crippen molar-refractivity contribution in [3.63, 3.8) is 0 Å². The third-order valence-electron chi connectivity index (χ3n) is 3.40. The van der Waals surface area contributed by atoms with Crippen molar-refractivity contribution in [2.24, 2.45) is 5.73 Å². The van der Waals surface area contributed by atoms with E-state index in [1.54, 1.807) is 13.2 Å². The van der Waals surface area contributed by atoms with Crippen molar-refractivity contribution in [1.29, 1.82) is 0 Å². The Morgan fingerprint density at radius 1 is 1.20 bits per heavy atom. The zero-order valence-electron chi connectivity index (χ0n) is 11.1. The number of rotatable bonds is 2. The van der Waals surface area contributed by atoms with Crippen LogP contribution in [0.25, 0.3) is 5.57 Å². The fourth-order valence-corrected chi connectivity index (χ4v) is 2.45. The molecule has 102 valence electrons. The monoisotopic (exact) mass is 270 g/mol. The van der Waals surface area contributed by atoms with Gasteiger partial charge in [0.25, 0.3) is 0 Å². The van der Waals surface area contributed by atoms with E-state index in [1.165, 1.54) is 12.1 Å².